The number of hydrogen-bond acceptors (Lipinski definition) is 1. The molecule has 9 rings (SSSR count). The van der Waals surface area contributed by atoms with Crippen molar-refractivity contribution in [3.05, 3.63) is 232 Å². The summed E-state index contributed by atoms with van der Waals surface area (Å²) in [7, 11) is 0. The minimum Gasteiger partial charge on any atom is -0.311 e. The summed E-state index contributed by atoms with van der Waals surface area (Å²) in [5.74, 6) is 0. The number of hydrogen-bond donors (Lipinski definition) is 0. The fourth-order valence-corrected chi connectivity index (χ4v) is 8.55. The summed E-state index contributed by atoms with van der Waals surface area (Å²) in [6, 6.07) is 68.1. The van der Waals surface area contributed by atoms with E-state index in [-0.39, 0.29) is 0 Å². The van der Waals surface area contributed by atoms with Gasteiger partial charge in [-0.05, 0) is 127 Å². The van der Waals surface area contributed by atoms with Gasteiger partial charge in [0.15, 0.2) is 0 Å². The van der Waals surface area contributed by atoms with Gasteiger partial charge in [-0.25, -0.2) is 0 Å². The van der Waals surface area contributed by atoms with Crippen molar-refractivity contribution < 1.29 is 0 Å². The Morgan fingerprint density at radius 2 is 0.564 bits per heavy atom. The SMILES string of the molecule is Cc1ccc(-c2ccc(C3(c4ccc(-c5ccc(N(c6ccc(C)cc6)c6ccc(C)cc6)cc5)cc4)c4cc(C)ccc4-c4ccc(C)cc43)cc2)cc1. The number of nitrogens with zero attached hydrogens (tertiary/aromatic N) is 1. The van der Waals surface area contributed by atoms with Gasteiger partial charge in [-0.15, -0.1) is 0 Å². The van der Waals surface area contributed by atoms with Gasteiger partial charge in [-0.2, -0.15) is 0 Å². The maximum absolute atomic E-state index is 2.42. The van der Waals surface area contributed by atoms with E-state index in [4.69, 9.17) is 0 Å². The molecule has 1 heteroatoms. The Morgan fingerprint density at radius 1 is 0.291 bits per heavy atom. The largest absolute Gasteiger partial charge is 0.311 e. The van der Waals surface area contributed by atoms with Crippen LogP contribution < -0.4 is 4.90 Å². The van der Waals surface area contributed by atoms with E-state index in [0.29, 0.717) is 0 Å². The van der Waals surface area contributed by atoms with E-state index in [2.05, 4.69) is 222 Å². The second kappa shape index (κ2) is 13.8. The van der Waals surface area contributed by atoms with Gasteiger partial charge in [0.1, 0.15) is 0 Å². The first-order valence-electron chi connectivity index (χ1n) is 19.3. The molecule has 0 saturated heterocycles. The molecule has 55 heavy (non-hydrogen) atoms. The van der Waals surface area contributed by atoms with Crippen molar-refractivity contribution in [2.24, 2.45) is 0 Å². The van der Waals surface area contributed by atoms with Crippen molar-refractivity contribution in [3.63, 3.8) is 0 Å². The highest BCUT2D eigenvalue weighted by atomic mass is 15.1. The molecule has 0 amide bonds. The van der Waals surface area contributed by atoms with Gasteiger partial charge >= 0.3 is 0 Å². The molecule has 8 aromatic carbocycles. The van der Waals surface area contributed by atoms with E-state index in [0.717, 1.165) is 17.1 Å². The molecule has 8 aromatic rings. The monoisotopic (exact) mass is 707 g/mol. The molecule has 0 aliphatic heterocycles. The quantitative estimate of drug-likeness (QED) is 0.159. The molecule has 0 atom stereocenters. The third-order valence-corrected chi connectivity index (χ3v) is 11.5. The highest BCUT2D eigenvalue weighted by molar-refractivity contribution is 5.87. The molecule has 0 fully saturated rings. The molecule has 0 spiro atoms. The first-order chi connectivity index (χ1) is 26.8. The van der Waals surface area contributed by atoms with Gasteiger partial charge in [0.25, 0.3) is 0 Å². The van der Waals surface area contributed by atoms with Crippen LogP contribution in [-0.4, -0.2) is 0 Å². The van der Waals surface area contributed by atoms with Crippen LogP contribution in [0.5, 0.6) is 0 Å². The van der Waals surface area contributed by atoms with Crippen molar-refractivity contribution in [2.45, 2.75) is 40.0 Å². The van der Waals surface area contributed by atoms with Crippen molar-refractivity contribution in [1.29, 1.82) is 0 Å². The number of fused-ring (bicyclic) bond motifs is 3. The summed E-state index contributed by atoms with van der Waals surface area (Å²) in [5, 5.41) is 0. The third-order valence-electron chi connectivity index (χ3n) is 11.5. The van der Waals surface area contributed by atoms with E-state index >= 15 is 0 Å². The predicted molar refractivity (Wildman–Crippen MR) is 233 cm³/mol. The lowest BCUT2D eigenvalue weighted by molar-refractivity contribution is 0.767. The Hall–Kier alpha value is -6.44. The average molecular weight is 708 g/mol. The Morgan fingerprint density at radius 3 is 0.927 bits per heavy atom. The molecular formula is C54H45N. The maximum Gasteiger partial charge on any atom is 0.0713 e. The molecule has 0 radical (unpaired) electrons. The minimum atomic E-state index is -0.459. The van der Waals surface area contributed by atoms with Crippen molar-refractivity contribution in [2.75, 3.05) is 4.90 Å². The maximum atomic E-state index is 2.42. The van der Waals surface area contributed by atoms with Crippen LogP contribution in [0.3, 0.4) is 0 Å². The topological polar surface area (TPSA) is 3.24 Å². The van der Waals surface area contributed by atoms with Crippen LogP contribution in [0.2, 0.25) is 0 Å². The second-order valence-corrected chi connectivity index (χ2v) is 15.4. The van der Waals surface area contributed by atoms with E-state index in [1.807, 2.05) is 0 Å². The van der Waals surface area contributed by atoms with Crippen LogP contribution in [-0.2, 0) is 5.41 Å². The number of rotatable bonds is 7. The normalized spacial score (nSPS) is 12.6. The molecule has 1 aliphatic carbocycles. The van der Waals surface area contributed by atoms with Gasteiger partial charge in [0, 0.05) is 17.1 Å². The highest BCUT2D eigenvalue weighted by Crippen LogP contribution is 2.57. The Labute approximate surface area is 326 Å². The molecule has 266 valence electrons. The fourth-order valence-electron chi connectivity index (χ4n) is 8.55. The van der Waals surface area contributed by atoms with Crippen LogP contribution in [0.1, 0.15) is 50.1 Å². The number of benzene rings is 8. The zero-order valence-electron chi connectivity index (χ0n) is 32.3. The molecular weight excluding hydrogens is 663 g/mol. The molecule has 0 unspecified atom stereocenters. The summed E-state index contributed by atoms with van der Waals surface area (Å²) in [6.07, 6.45) is 0. The van der Waals surface area contributed by atoms with Crippen molar-refractivity contribution >= 4 is 17.1 Å². The van der Waals surface area contributed by atoms with Crippen LogP contribution in [0, 0.1) is 34.6 Å². The molecule has 0 saturated carbocycles. The Kier molecular flexibility index (Phi) is 8.59. The zero-order chi connectivity index (χ0) is 37.7. The van der Waals surface area contributed by atoms with E-state index < -0.39 is 5.41 Å². The number of aryl methyl sites for hydroxylation is 5. The first kappa shape index (κ1) is 34.3. The summed E-state index contributed by atoms with van der Waals surface area (Å²) >= 11 is 0. The lowest BCUT2D eigenvalue weighted by atomic mass is 9.67. The van der Waals surface area contributed by atoms with E-state index in [1.165, 1.54) is 83.5 Å². The smallest absolute Gasteiger partial charge is 0.0713 e. The lowest BCUT2D eigenvalue weighted by Crippen LogP contribution is -2.28. The minimum absolute atomic E-state index is 0.459. The standard InChI is InChI=1S/C54H45N/c1-36-6-14-41(15-7-36)42-16-22-45(23-17-42)54(52-34-39(4)12-32-50(52)51-33-13-40(5)35-53(51)54)46-24-18-43(19-25-46)44-20-30-49(31-21-44)55(47-26-8-37(2)9-27-47)48-28-10-38(3)11-29-48/h6-35H,1-5H3. The molecule has 1 aliphatic rings. The molecule has 0 N–H and O–H groups in total. The van der Waals surface area contributed by atoms with Gasteiger partial charge in [0.2, 0.25) is 0 Å². The van der Waals surface area contributed by atoms with Crippen LogP contribution in [0.25, 0.3) is 33.4 Å². The number of anilines is 3. The summed E-state index contributed by atoms with van der Waals surface area (Å²) < 4.78 is 0. The summed E-state index contributed by atoms with van der Waals surface area (Å²) in [6.45, 7) is 10.8. The average Bonchev–Trinajstić information content (AvgIpc) is 3.49. The zero-order valence-corrected chi connectivity index (χ0v) is 32.3. The van der Waals surface area contributed by atoms with Gasteiger partial charge in [-0.3, -0.25) is 0 Å². The predicted octanol–water partition coefficient (Wildman–Crippen LogP) is 14.4. The highest BCUT2D eigenvalue weighted by Gasteiger charge is 2.46. The molecule has 0 heterocycles. The molecule has 0 aromatic heterocycles. The fraction of sp³-hybridized carbons (Fsp3) is 0.111. The Bertz CT molecular complexity index is 2530. The third kappa shape index (κ3) is 6.07. The van der Waals surface area contributed by atoms with Crippen molar-refractivity contribution in [1.82, 2.24) is 0 Å². The van der Waals surface area contributed by atoms with Crippen LogP contribution in [0.15, 0.2) is 182 Å². The summed E-state index contributed by atoms with van der Waals surface area (Å²) in [4.78, 5) is 2.33. The van der Waals surface area contributed by atoms with Crippen molar-refractivity contribution in [3.8, 4) is 33.4 Å². The van der Waals surface area contributed by atoms with Gasteiger partial charge < -0.3 is 4.90 Å². The second-order valence-electron chi connectivity index (χ2n) is 15.4. The van der Waals surface area contributed by atoms with Gasteiger partial charge in [0.05, 0.1) is 5.41 Å². The molecule has 0 bridgehead atoms. The summed E-state index contributed by atoms with van der Waals surface area (Å²) in [5.41, 5.74) is 22.0. The van der Waals surface area contributed by atoms with Gasteiger partial charge in [-0.1, -0.05) is 173 Å². The van der Waals surface area contributed by atoms with Crippen LogP contribution in [0.4, 0.5) is 17.1 Å². The van der Waals surface area contributed by atoms with E-state index in [1.54, 1.807) is 0 Å². The first-order valence-corrected chi connectivity index (χ1v) is 19.3. The van der Waals surface area contributed by atoms with Crippen LogP contribution >= 0.6 is 0 Å². The van der Waals surface area contributed by atoms with E-state index in [9.17, 15) is 0 Å². The Balaban J connectivity index is 1.14. The molecule has 1 nitrogen and oxygen atoms in total. The lowest BCUT2D eigenvalue weighted by Gasteiger charge is -2.34.